The number of benzene rings is 3. The van der Waals surface area contributed by atoms with Crippen LogP contribution in [-0.2, 0) is 10.1 Å². The summed E-state index contributed by atoms with van der Waals surface area (Å²) in [5, 5.41) is 1.13. The van der Waals surface area contributed by atoms with E-state index in [4.69, 9.17) is 0 Å². The van der Waals surface area contributed by atoms with Crippen molar-refractivity contribution in [2.45, 2.75) is 18.7 Å². The Morgan fingerprint density at radius 1 is 0.800 bits per heavy atom. The van der Waals surface area contributed by atoms with E-state index in [1.807, 2.05) is 0 Å². The van der Waals surface area contributed by atoms with Gasteiger partial charge in [0.15, 0.2) is 10.9 Å². The van der Waals surface area contributed by atoms with Gasteiger partial charge < -0.3 is 9.97 Å². The second-order valence-electron chi connectivity index (χ2n) is 7.41. The number of aryl methyl sites for hydroxylation is 2. The summed E-state index contributed by atoms with van der Waals surface area (Å²) >= 11 is 0. The van der Waals surface area contributed by atoms with Crippen molar-refractivity contribution in [2.75, 3.05) is 0 Å². The van der Waals surface area contributed by atoms with Crippen molar-refractivity contribution in [1.82, 2.24) is 9.97 Å². The van der Waals surface area contributed by atoms with E-state index in [0.29, 0.717) is 44.0 Å². The molecule has 0 atom stereocenters. The van der Waals surface area contributed by atoms with Crippen LogP contribution in [0.4, 0.5) is 0 Å². The maximum absolute atomic E-state index is 13.4. The van der Waals surface area contributed by atoms with E-state index in [9.17, 15) is 22.6 Å². The van der Waals surface area contributed by atoms with Crippen molar-refractivity contribution in [2.24, 2.45) is 0 Å². The first-order valence-electron chi connectivity index (χ1n) is 9.19. The molecule has 5 rings (SSSR count). The fraction of sp³-hybridized carbons (Fsp3) is 0.0909. The molecule has 7 nitrogen and oxygen atoms in total. The van der Waals surface area contributed by atoms with E-state index in [-0.39, 0.29) is 16.2 Å². The van der Waals surface area contributed by atoms with Crippen molar-refractivity contribution in [3.8, 4) is 0 Å². The number of aromatic nitrogens is 2. The summed E-state index contributed by atoms with van der Waals surface area (Å²) in [6.07, 6.45) is 0. The molecule has 5 aromatic rings. The molecule has 30 heavy (non-hydrogen) atoms. The second-order valence-corrected chi connectivity index (χ2v) is 8.80. The summed E-state index contributed by atoms with van der Waals surface area (Å²) < 4.78 is 33.4. The predicted molar refractivity (Wildman–Crippen MR) is 117 cm³/mol. The minimum absolute atomic E-state index is 0.105. The van der Waals surface area contributed by atoms with Crippen molar-refractivity contribution < 1.29 is 13.0 Å². The lowest BCUT2D eigenvalue weighted by Crippen LogP contribution is -2.13. The van der Waals surface area contributed by atoms with Crippen LogP contribution < -0.4 is 10.9 Å². The standard InChI is InChI=1S/C22H16N2O5S/c1-10-7-8-16(30(27,28)29)18-19(10)24-20-11(2)17-15(9-13(20)22(18)26)23-14-6-4-3-5-12(14)21(17)25/h3-9H,1-2H3,(H,23,25)(H,24,26)(H,27,28,29). The summed E-state index contributed by atoms with van der Waals surface area (Å²) in [6.45, 7) is 3.48. The molecule has 0 saturated heterocycles. The first kappa shape index (κ1) is 18.5. The Labute approximate surface area is 169 Å². The van der Waals surface area contributed by atoms with Gasteiger partial charge in [-0.15, -0.1) is 0 Å². The van der Waals surface area contributed by atoms with Gasteiger partial charge >= 0.3 is 0 Å². The highest BCUT2D eigenvalue weighted by atomic mass is 32.2. The number of nitrogens with one attached hydrogen (secondary N) is 2. The summed E-state index contributed by atoms with van der Waals surface area (Å²) in [5.74, 6) is 0. The first-order valence-corrected chi connectivity index (χ1v) is 10.6. The third-order valence-electron chi connectivity index (χ3n) is 5.62. The van der Waals surface area contributed by atoms with E-state index >= 15 is 0 Å². The quantitative estimate of drug-likeness (QED) is 0.283. The summed E-state index contributed by atoms with van der Waals surface area (Å²) in [7, 11) is -4.60. The Balaban J connectivity index is 2.09. The third kappa shape index (κ3) is 2.44. The Hall–Kier alpha value is -3.49. The molecule has 0 aliphatic rings. The highest BCUT2D eigenvalue weighted by Crippen LogP contribution is 2.29. The Kier molecular flexibility index (Phi) is 3.71. The molecular weight excluding hydrogens is 404 g/mol. The van der Waals surface area contributed by atoms with Crippen LogP contribution in [0.3, 0.4) is 0 Å². The fourth-order valence-electron chi connectivity index (χ4n) is 4.17. The fourth-order valence-corrected chi connectivity index (χ4v) is 4.86. The van der Waals surface area contributed by atoms with Crippen LogP contribution in [0, 0.1) is 13.8 Å². The number of aromatic amines is 2. The smallest absolute Gasteiger partial charge is 0.295 e. The lowest BCUT2D eigenvalue weighted by atomic mass is 10.00. The van der Waals surface area contributed by atoms with Gasteiger partial charge in [0.2, 0.25) is 0 Å². The summed E-state index contributed by atoms with van der Waals surface area (Å²) in [4.78, 5) is 32.4. The van der Waals surface area contributed by atoms with E-state index in [0.717, 1.165) is 0 Å². The van der Waals surface area contributed by atoms with Crippen LogP contribution in [0.25, 0.3) is 43.6 Å². The topological polar surface area (TPSA) is 120 Å². The summed E-state index contributed by atoms with van der Waals surface area (Å²) in [5.41, 5.74) is 2.43. The van der Waals surface area contributed by atoms with Gasteiger partial charge in [-0.1, -0.05) is 18.2 Å². The minimum atomic E-state index is -4.60. The normalized spacial score (nSPS) is 12.4. The van der Waals surface area contributed by atoms with Crippen molar-refractivity contribution in [1.29, 1.82) is 0 Å². The first-order chi connectivity index (χ1) is 14.2. The zero-order valence-electron chi connectivity index (χ0n) is 16.0. The molecule has 150 valence electrons. The molecular formula is C22H16N2O5S. The molecule has 0 aliphatic heterocycles. The van der Waals surface area contributed by atoms with Crippen molar-refractivity contribution in [3.05, 3.63) is 74.0 Å². The van der Waals surface area contributed by atoms with Crippen molar-refractivity contribution >= 4 is 53.7 Å². The highest BCUT2D eigenvalue weighted by molar-refractivity contribution is 7.86. The van der Waals surface area contributed by atoms with Gasteiger partial charge in [-0.25, -0.2) is 0 Å². The average Bonchev–Trinajstić information content (AvgIpc) is 2.69. The van der Waals surface area contributed by atoms with Gasteiger partial charge in [0, 0.05) is 16.3 Å². The SMILES string of the molecule is Cc1ccc(S(=O)(=O)O)c2c(=O)c3cc4[nH]c5ccccc5c(=O)c4c(C)c3[nH]c12. The van der Waals surface area contributed by atoms with E-state index in [1.165, 1.54) is 12.1 Å². The third-order valence-corrected chi connectivity index (χ3v) is 6.52. The minimum Gasteiger partial charge on any atom is -0.354 e. The molecule has 2 heterocycles. The van der Waals surface area contributed by atoms with Gasteiger partial charge in [-0.2, -0.15) is 8.42 Å². The molecule has 0 fully saturated rings. The number of pyridine rings is 2. The Morgan fingerprint density at radius 2 is 1.50 bits per heavy atom. The van der Waals surface area contributed by atoms with Crippen LogP contribution in [0.15, 0.2) is 56.9 Å². The van der Waals surface area contributed by atoms with Gasteiger partial charge in [-0.05, 0) is 49.2 Å². The number of H-pyrrole nitrogens is 2. The van der Waals surface area contributed by atoms with Crippen LogP contribution in [0.1, 0.15) is 11.1 Å². The molecule has 2 aromatic heterocycles. The number of hydrogen-bond donors (Lipinski definition) is 3. The van der Waals surface area contributed by atoms with Crippen LogP contribution in [-0.4, -0.2) is 22.9 Å². The molecule has 0 saturated carbocycles. The molecule has 0 aliphatic carbocycles. The van der Waals surface area contributed by atoms with Crippen LogP contribution >= 0.6 is 0 Å². The molecule has 3 aromatic carbocycles. The van der Waals surface area contributed by atoms with E-state index in [1.54, 1.807) is 44.2 Å². The zero-order chi connectivity index (χ0) is 21.4. The monoisotopic (exact) mass is 420 g/mol. The molecule has 0 spiro atoms. The Bertz CT molecular complexity index is 1780. The maximum Gasteiger partial charge on any atom is 0.295 e. The lowest BCUT2D eigenvalue weighted by molar-refractivity contribution is 0.484. The van der Waals surface area contributed by atoms with Gasteiger partial charge in [0.05, 0.1) is 27.3 Å². The molecule has 0 amide bonds. The lowest BCUT2D eigenvalue weighted by Gasteiger charge is -2.12. The molecule has 3 N–H and O–H groups in total. The molecule has 0 radical (unpaired) electrons. The maximum atomic E-state index is 13.4. The largest absolute Gasteiger partial charge is 0.354 e. The van der Waals surface area contributed by atoms with Crippen LogP contribution in [0.5, 0.6) is 0 Å². The predicted octanol–water partition coefficient (Wildman–Crippen LogP) is 3.54. The average molecular weight is 420 g/mol. The van der Waals surface area contributed by atoms with E-state index < -0.39 is 20.4 Å². The molecule has 8 heteroatoms. The Morgan fingerprint density at radius 3 is 2.23 bits per heavy atom. The van der Waals surface area contributed by atoms with Crippen molar-refractivity contribution in [3.63, 3.8) is 0 Å². The zero-order valence-corrected chi connectivity index (χ0v) is 16.8. The van der Waals surface area contributed by atoms with Gasteiger partial charge in [0.1, 0.15) is 4.90 Å². The van der Waals surface area contributed by atoms with Crippen LogP contribution in [0.2, 0.25) is 0 Å². The highest BCUT2D eigenvalue weighted by Gasteiger charge is 2.21. The number of para-hydroxylation sites is 1. The van der Waals surface area contributed by atoms with Gasteiger partial charge in [0.25, 0.3) is 10.1 Å². The number of rotatable bonds is 1. The molecule has 0 unspecified atom stereocenters. The second kappa shape index (κ2) is 6.01. The number of hydrogen-bond acceptors (Lipinski definition) is 4. The summed E-state index contributed by atoms with van der Waals surface area (Å²) in [6, 6.07) is 11.4. The number of fused-ring (bicyclic) bond motifs is 4. The molecule has 0 bridgehead atoms. The van der Waals surface area contributed by atoms with Gasteiger partial charge in [-0.3, -0.25) is 14.1 Å². The van der Waals surface area contributed by atoms with E-state index in [2.05, 4.69) is 9.97 Å².